The largest absolute Gasteiger partial charge is 0.494 e. The number of pyridine rings is 1. The summed E-state index contributed by atoms with van der Waals surface area (Å²) >= 11 is 0. The maximum absolute atomic E-state index is 14.1. The van der Waals surface area contributed by atoms with Gasteiger partial charge in [-0.15, -0.1) is 0 Å². The number of aryl methyl sites for hydroxylation is 1. The van der Waals surface area contributed by atoms with Crippen LogP contribution in [-0.4, -0.2) is 59.8 Å². The Bertz CT molecular complexity index is 1660. The third-order valence-corrected chi connectivity index (χ3v) is 7.63. The van der Waals surface area contributed by atoms with Gasteiger partial charge in [-0.05, 0) is 43.1 Å². The molecule has 0 saturated carbocycles. The molecule has 2 atom stereocenters. The fraction of sp³-hybridized carbons (Fsp3) is 0.321. The monoisotopic (exact) mass is 549 g/mol. The molecular formula is C28H29F2N7O3. The first-order valence-electron chi connectivity index (χ1n) is 12.9. The predicted octanol–water partition coefficient (Wildman–Crippen LogP) is 3.73. The van der Waals surface area contributed by atoms with Crippen LogP contribution in [0, 0.1) is 23.5 Å². The van der Waals surface area contributed by atoms with Crippen LogP contribution in [0.15, 0.2) is 47.4 Å². The Balaban J connectivity index is 1.27. The first-order valence-corrected chi connectivity index (χ1v) is 12.9. The van der Waals surface area contributed by atoms with Gasteiger partial charge in [0, 0.05) is 56.9 Å². The van der Waals surface area contributed by atoms with Crippen molar-refractivity contribution >= 4 is 34.0 Å². The van der Waals surface area contributed by atoms with Gasteiger partial charge < -0.3 is 30.3 Å². The van der Waals surface area contributed by atoms with Gasteiger partial charge in [0.05, 0.1) is 24.2 Å². The Hall–Kier alpha value is -4.45. The molecule has 10 nitrogen and oxygen atoms in total. The molecule has 4 aromatic rings. The predicted molar refractivity (Wildman–Crippen MR) is 149 cm³/mol. The van der Waals surface area contributed by atoms with Crippen LogP contribution in [0.4, 0.5) is 31.8 Å². The van der Waals surface area contributed by atoms with Crippen molar-refractivity contribution in [2.24, 2.45) is 18.9 Å². The number of methoxy groups -OCH3 is 1. The average molecular weight is 550 g/mol. The fourth-order valence-corrected chi connectivity index (χ4v) is 5.70. The highest BCUT2D eigenvalue weighted by molar-refractivity contribution is 5.81. The molecule has 2 aliphatic heterocycles. The molecule has 2 aromatic heterocycles. The molecule has 2 aromatic carbocycles. The van der Waals surface area contributed by atoms with Gasteiger partial charge in [0.1, 0.15) is 17.2 Å². The molecule has 2 fully saturated rings. The van der Waals surface area contributed by atoms with Crippen molar-refractivity contribution < 1.29 is 18.3 Å². The number of ether oxygens (including phenoxy) is 2. The minimum atomic E-state index is -0.919. The second-order valence-corrected chi connectivity index (χ2v) is 10.4. The molecule has 2 aliphatic rings. The summed E-state index contributed by atoms with van der Waals surface area (Å²) in [4.78, 5) is 26.5. The minimum Gasteiger partial charge on any atom is -0.494 e. The molecule has 0 bridgehead atoms. The van der Waals surface area contributed by atoms with Gasteiger partial charge in [0.2, 0.25) is 5.95 Å². The molecule has 4 heterocycles. The lowest BCUT2D eigenvalue weighted by molar-refractivity contribution is 0.387. The van der Waals surface area contributed by atoms with Gasteiger partial charge in [-0.1, -0.05) is 0 Å². The van der Waals surface area contributed by atoms with Crippen LogP contribution in [0.1, 0.15) is 0 Å². The standard InChI is InChI=1S/C28H29F2N7O3/c1-35-11-16-13-37(14-17(16)12-35)22-9-24(39-3)21(8-20(22)31)33-28-32-10-15-6-25(27(38)36(2)26(15)34-28)40-23-5-4-18(29)7-19(23)30/h4-10,16-17H,11-14,31H2,1-3H3,(H,32,33,34)/t16-,17+. The SMILES string of the molecule is COc1cc(N2C[C@H]3CN(C)C[C@H]3C2)c(N)cc1Nc1ncc2cc(Oc3ccc(F)cc3F)c(=O)n(C)c2n1. The topological polar surface area (TPSA) is 111 Å². The Morgan fingerprint density at radius 2 is 1.75 bits per heavy atom. The maximum atomic E-state index is 14.1. The van der Waals surface area contributed by atoms with Gasteiger partial charge in [-0.3, -0.25) is 9.36 Å². The van der Waals surface area contributed by atoms with Crippen LogP contribution in [-0.2, 0) is 7.05 Å². The number of anilines is 4. The van der Waals surface area contributed by atoms with Crippen molar-refractivity contribution in [1.82, 2.24) is 19.4 Å². The molecule has 0 spiro atoms. The van der Waals surface area contributed by atoms with Crippen molar-refractivity contribution in [2.45, 2.75) is 0 Å². The van der Waals surface area contributed by atoms with Crippen molar-refractivity contribution in [3.63, 3.8) is 0 Å². The number of fused-ring (bicyclic) bond motifs is 2. The van der Waals surface area contributed by atoms with E-state index in [2.05, 4.69) is 32.1 Å². The van der Waals surface area contributed by atoms with Crippen molar-refractivity contribution in [3.8, 4) is 17.2 Å². The smallest absolute Gasteiger partial charge is 0.294 e. The number of nitrogens with zero attached hydrogens (tertiary/aromatic N) is 5. The number of rotatable bonds is 6. The highest BCUT2D eigenvalue weighted by atomic mass is 19.1. The molecule has 6 rings (SSSR count). The number of aromatic nitrogens is 3. The van der Waals surface area contributed by atoms with Crippen LogP contribution in [0.5, 0.6) is 17.2 Å². The van der Waals surface area contributed by atoms with Crippen LogP contribution in [0.3, 0.4) is 0 Å². The van der Waals surface area contributed by atoms with Crippen LogP contribution < -0.4 is 31.0 Å². The van der Waals surface area contributed by atoms with Crippen molar-refractivity contribution in [3.05, 3.63) is 64.6 Å². The van der Waals surface area contributed by atoms with E-state index in [1.165, 1.54) is 23.9 Å². The normalized spacial score (nSPS) is 18.8. The van der Waals surface area contributed by atoms with Gasteiger partial charge in [-0.25, -0.2) is 13.8 Å². The summed E-state index contributed by atoms with van der Waals surface area (Å²) in [6.07, 6.45) is 1.52. The van der Waals surface area contributed by atoms with Crippen molar-refractivity contribution in [2.75, 3.05) is 56.3 Å². The third kappa shape index (κ3) is 4.64. The molecule has 0 aliphatic carbocycles. The average Bonchev–Trinajstić information content (AvgIpc) is 3.46. The van der Waals surface area contributed by atoms with Crippen LogP contribution in [0.25, 0.3) is 11.0 Å². The van der Waals surface area contributed by atoms with E-state index in [1.807, 2.05) is 6.07 Å². The molecule has 2 saturated heterocycles. The van der Waals surface area contributed by atoms with E-state index < -0.39 is 17.2 Å². The van der Waals surface area contributed by atoms with E-state index in [-0.39, 0.29) is 17.4 Å². The second-order valence-electron chi connectivity index (χ2n) is 10.4. The summed E-state index contributed by atoms with van der Waals surface area (Å²) in [5, 5.41) is 3.63. The van der Waals surface area contributed by atoms with Crippen LogP contribution >= 0.6 is 0 Å². The zero-order chi connectivity index (χ0) is 28.1. The van der Waals surface area contributed by atoms with Gasteiger partial charge in [0.15, 0.2) is 17.3 Å². The molecule has 0 amide bonds. The zero-order valence-electron chi connectivity index (χ0n) is 22.3. The maximum Gasteiger partial charge on any atom is 0.294 e. The highest BCUT2D eigenvalue weighted by Crippen LogP contribution is 2.41. The molecule has 0 unspecified atom stereocenters. The van der Waals surface area contributed by atoms with E-state index >= 15 is 0 Å². The molecule has 208 valence electrons. The summed E-state index contributed by atoms with van der Waals surface area (Å²) in [7, 11) is 5.27. The lowest BCUT2D eigenvalue weighted by Crippen LogP contribution is -2.27. The number of nitrogen functional groups attached to an aromatic ring is 1. The summed E-state index contributed by atoms with van der Waals surface area (Å²) < 4.78 is 39.7. The number of nitrogens with one attached hydrogen (secondary N) is 1. The molecule has 12 heteroatoms. The van der Waals surface area contributed by atoms with E-state index in [1.54, 1.807) is 13.2 Å². The quantitative estimate of drug-likeness (QED) is 0.348. The van der Waals surface area contributed by atoms with E-state index in [0.717, 1.165) is 44.0 Å². The van der Waals surface area contributed by atoms with E-state index in [9.17, 15) is 13.6 Å². The second kappa shape index (κ2) is 9.94. The van der Waals surface area contributed by atoms with Crippen molar-refractivity contribution in [1.29, 1.82) is 0 Å². The molecule has 40 heavy (non-hydrogen) atoms. The number of hydrogen-bond acceptors (Lipinski definition) is 9. The van der Waals surface area contributed by atoms with Crippen LogP contribution in [0.2, 0.25) is 0 Å². The molecular weight excluding hydrogens is 520 g/mol. The lowest BCUT2D eigenvalue weighted by atomic mass is 10.0. The summed E-state index contributed by atoms with van der Waals surface area (Å²) in [5.41, 5.74) is 8.40. The first-order chi connectivity index (χ1) is 19.2. The summed E-state index contributed by atoms with van der Waals surface area (Å²) in [6, 6.07) is 8.00. The number of halogens is 2. The Morgan fingerprint density at radius 3 is 2.45 bits per heavy atom. The number of benzene rings is 2. The number of hydrogen-bond donors (Lipinski definition) is 2. The fourth-order valence-electron chi connectivity index (χ4n) is 5.70. The Morgan fingerprint density at radius 1 is 1.00 bits per heavy atom. The zero-order valence-corrected chi connectivity index (χ0v) is 22.3. The number of likely N-dealkylation sites (tertiary alicyclic amines) is 1. The van der Waals surface area contributed by atoms with Gasteiger partial charge in [0.25, 0.3) is 5.56 Å². The lowest BCUT2D eigenvalue weighted by Gasteiger charge is -2.24. The minimum absolute atomic E-state index is 0.146. The van der Waals surface area contributed by atoms with Gasteiger partial charge >= 0.3 is 0 Å². The molecule has 3 N–H and O–H groups in total. The number of nitrogens with two attached hydrogens (primary N) is 1. The van der Waals surface area contributed by atoms with E-state index in [0.29, 0.717) is 46.1 Å². The van der Waals surface area contributed by atoms with Gasteiger partial charge in [-0.2, -0.15) is 4.98 Å². The Kier molecular flexibility index (Phi) is 6.41. The highest BCUT2D eigenvalue weighted by Gasteiger charge is 2.39. The van der Waals surface area contributed by atoms with E-state index in [4.69, 9.17) is 15.2 Å². The summed E-state index contributed by atoms with van der Waals surface area (Å²) in [6.45, 7) is 4.10. The molecule has 0 radical (unpaired) electrons. The summed E-state index contributed by atoms with van der Waals surface area (Å²) in [5.74, 6) is -0.00685. The third-order valence-electron chi connectivity index (χ3n) is 7.63. The first kappa shape index (κ1) is 25.8. The Labute approximate surface area is 228 Å².